The summed E-state index contributed by atoms with van der Waals surface area (Å²) in [6, 6.07) is 8.05. The van der Waals surface area contributed by atoms with Crippen molar-refractivity contribution in [1.82, 2.24) is 25.6 Å². The summed E-state index contributed by atoms with van der Waals surface area (Å²) in [5.41, 5.74) is 2.16. The van der Waals surface area contributed by atoms with Crippen LogP contribution in [0.4, 0.5) is 0 Å². The highest BCUT2D eigenvalue weighted by Gasteiger charge is 2.22. The minimum absolute atomic E-state index is 0. The minimum atomic E-state index is -0.206. The van der Waals surface area contributed by atoms with Crippen LogP contribution in [0.25, 0.3) is 0 Å². The molecule has 1 aromatic heterocycles. The van der Waals surface area contributed by atoms with Gasteiger partial charge in [0.25, 0.3) is 5.91 Å². The molecule has 0 bridgehead atoms. The smallest absolute Gasteiger partial charge is 0.274 e. The van der Waals surface area contributed by atoms with Gasteiger partial charge in [-0.15, -0.1) is 17.5 Å². The number of carbonyl (C=O) groups is 1. The molecule has 2 N–H and O–H groups in total. The zero-order valence-corrected chi connectivity index (χ0v) is 16.9. The molecule has 1 amide bonds. The number of para-hydroxylation sites is 1. The number of rotatable bonds is 6. The Bertz CT molecular complexity index is 756. The van der Waals surface area contributed by atoms with Crippen LogP contribution < -0.4 is 15.4 Å². The molecule has 1 aliphatic rings. The lowest BCUT2D eigenvalue weighted by molar-refractivity contribution is 0.0944. The molecule has 7 nitrogen and oxygen atoms in total. The third-order valence-electron chi connectivity index (χ3n) is 4.57. The average Bonchev–Trinajstić information content (AvgIpc) is 3.02. The first-order valence-electron chi connectivity index (χ1n) is 9.21. The van der Waals surface area contributed by atoms with E-state index in [0.717, 1.165) is 42.9 Å². The number of carbonyl (C=O) groups excluding carboxylic acids is 1. The zero-order chi connectivity index (χ0) is 18.5. The lowest BCUT2D eigenvalue weighted by atomic mass is 10.1. The summed E-state index contributed by atoms with van der Waals surface area (Å²) >= 11 is 0. The Labute approximate surface area is 166 Å². The quantitative estimate of drug-likeness (QED) is 0.788. The van der Waals surface area contributed by atoms with Gasteiger partial charge in [-0.1, -0.05) is 23.4 Å². The first-order chi connectivity index (χ1) is 12.6. The largest absolute Gasteiger partial charge is 0.491 e. The normalized spacial score (nSPS) is 14.7. The van der Waals surface area contributed by atoms with Crippen molar-refractivity contribution in [1.29, 1.82) is 0 Å². The van der Waals surface area contributed by atoms with Gasteiger partial charge in [-0.2, -0.15) is 0 Å². The van der Waals surface area contributed by atoms with Crippen LogP contribution in [0.5, 0.6) is 5.75 Å². The van der Waals surface area contributed by atoms with E-state index in [2.05, 4.69) is 20.9 Å². The fourth-order valence-electron chi connectivity index (χ4n) is 3.23. The second-order valence-electron chi connectivity index (χ2n) is 6.91. The third-order valence-corrected chi connectivity index (χ3v) is 4.57. The number of hydrogen-bond donors (Lipinski definition) is 2. The predicted molar refractivity (Wildman–Crippen MR) is 107 cm³/mol. The Morgan fingerprint density at radius 2 is 2.04 bits per heavy atom. The number of nitrogens with one attached hydrogen (secondary N) is 2. The van der Waals surface area contributed by atoms with E-state index in [9.17, 15) is 4.79 Å². The number of nitrogens with zero attached hydrogens (tertiary/aromatic N) is 3. The van der Waals surface area contributed by atoms with Crippen LogP contribution in [-0.4, -0.2) is 40.1 Å². The first kappa shape index (κ1) is 21.2. The molecule has 0 unspecified atom stereocenters. The van der Waals surface area contributed by atoms with Crippen molar-refractivity contribution in [3.63, 3.8) is 0 Å². The molecule has 27 heavy (non-hydrogen) atoms. The molecule has 1 aromatic carbocycles. The maximum absolute atomic E-state index is 12.6. The topological polar surface area (TPSA) is 81.1 Å². The molecule has 8 heteroatoms. The first-order valence-corrected chi connectivity index (χ1v) is 9.21. The number of hydrogen-bond acceptors (Lipinski definition) is 5. The number of ether oxygens (including phenoxy) is 1. The molecule has 148 valence electrons. The monoisotopic (exact) mass is 393 g/mol. The van der Waals surface area contributed by atoms with Crippen molar-refractivity contribution in [3.8, 4) is 5.75 Å². The average molecular weight is 394 g/mol. The van der Waals surface area contributed by atoms with Gasteiger partial charge in [0.1, 0.15) is 5.75 Å². The van der Waals surface area contributed by atoms with Gasteiger partial charge in [0, 0.05) is 12.1 Å². The molecule has 0 aliphatic carbocycles. The number of piperidine rings is 1. The molecule has 0 spiro atoms. The van der Waals surface area contributed by atoms with Gasteiger partial charge in [0.15, 0.2) is 5.69 Å². The third kappa shape index (κ3) is 5.20. The van der Waals surface area contributed by atoms with Gasteiger partial charge in [-0.3, -0.25) is 4.79 Å². The molecule has 1 saturated heterocycles. The maximum atomic E-state index is 12.6. The molecule has 3 rings (SSSR count). The number of halogens is 1. The van der Waals surface area contributed by atoms with E-state index in [0.29, 0.717) is 18.3 Å². The molecule has 1 fully saturated rings. The second kappa shape index (κ2) is 9.71. The standard InChI is InChI=1S/C19H27N5O2.ClH/c1-13(2)26-17-7-5-4-6-15(17)12-21-19(25)18-14(3)24(23-22-18)16-8-10-20-11-9-16;/h4-7,13,16,20H,8-12H2,1-3H3,(H,21,25);1H. The maximum Gasteiger partial charge on any atom is 0.274 e. The van der Waals surface area contributed by atoms with Crippen LogP contribution in [0.1, 0.15) is 54.5 Å². The summed E-state index contributed by atoms with van der Waals surface area (Å²) in [7, 11) is 0. The van der Waals surface area contributed by atoms with Gasteiger partial charge >= 0.3 is 0 Å². The van der Waals surface area contributed by atoms with E-state index in [4.69, 9.17) is 4.74 Å². The van der Waals surface area contributed by atoms with Crippen molar-refractivity contribution in [2.75, 3.05) is 13.1 Å². The van der Waals surface area contributed by atoms with Crippen molar-refractivity contribution in [2.24, 2.45) is 0 Å². The lowest BCUT2D eigenvalue weighted by Gasteiger charge is -2.23. The van der Waals surface area contributed by atoms with E-state index in [1.807, 2.05) is 49.7 Å². The van der Waals surface area contributed by atoms with Crippen LogP contribution >= 0.6 is 12.4 Å². The highest BCUT2D eigenvalue weighted by atomic mass is 35.5. The van der Waals surface area contributed by atoms with Crippen molar-refractivity contribution >= 4 is 18.3 Å². The van der Waals surface area contributed by atoms with Gasteiger partial charge in [-0.25, -0.2) is 4.68 Å². The number of benzene rings is 1. The van der Waals surface area contributed by atoms with E-state index in [-0.39, 0.29) is 24.4 Å². The van der Waals surface area contributed by atoms with Gasteiger partial charge in [0.05, 0.1) is 17.8 Å². The molecule has 1 aliphatic heterocycles. The molecule has 0 radical (unpaired) electrons. The molecule has 2 heterocycles. The van der Waals surface area contributed by atoms with Gasteiger partial charge in [0.2, 0.25) is 0 Å². The van der Waals surface area contributed by atoms with Crippen LogP contribution in [0, 0.1) is 6.92 Å². The summed E-state index contributed by atoms with van der Waals surface area (Å²) in [5, 5.41) is 14.6. The zero-order valence-electron chi connectivity index (χ0n) is 16.1. The van der Waals surface area contributed by atoms with Crippen molar-refractivity contribution in [2.45, 2.75) is 52.3 Å². The summed E-state index contributed by atoms with van der Waals surface area (Å²) in [6.45, 7) is 8.21. The molecule has 0 saturated carbocycles. The summed E-state index contributed by atoms with van der Waals surface area (Å²) < 4.78 is 7.70. The Morgan fingerprint density at radius 1 is 1.33 bits per heavy atom. The number of aromatic nitrogens is 3. The Kier molecular flexibility index (Phi) is 7.62. The molecule has 0 atom stereocenters. The Balaban J connectivity index is 0.00000261. The molecular weight excluding hydrogens is 366 g/mol. The molecule has 2 aromatic rings. The summed E-state index contributed by atoms with van der Waals surface area (Å²) in [5.74, 6) is 0.583. The highest BCUT2D eigenvalue weighted by Crippen LogP contribution is 2.21. The lowest BCUT2D eigenvalue weighted by Crippen LogP contribution is -2.30. The SMILES string of the molecule is Cc1c(C(=O)NCc2ccccc2OC(C)C)nnn1C1CCNCC1.Cl. The highest BCUT2D eigenvalue weighted by molar-refractivity contribution is 5.93. The van der Waals surface area contributed by atoms with Gasteiger partial charge < -0.3 is 15.4 Å². The summed E-state index contributed by atoms with van der Waals surface area (Å²) in [4.78, 5) is 12.6. The molecular formula is C19H28ClN5O2. The van der Waals surface area contributed by atoms with Crippen LogP contribution in [0.15, 0.2) is 24.3 Å². The van der Waals surface area contributed by atoms with E-state index in [1.165, 1.54) is 0 Å². The predicted octanol–water partition coefficient (Wildman–Crippen LogP) is 2.65. The van der Waals surface area contributed by atoms with Crippen LogP contribution in [0.3, 0.4) is 0 Å². The van der Waals surface area contributed by atoms with Crippen molar-refractivity contribution < 1.29 is 9.53 Å². The Hall–Kier alpha value is -2.12. The fourth-order valence-corrected chi connectivity index (χ4v) is 3.23. The summed E-state index contributed by atoms with van der Waals surface area (Å²) in [6.07, 6.45) is 2.09. The van der Waals surface area contributed by atoms with Crippen LogP contribution in [-0.2, 0) is 6.54 Å². The van der Waals surface area contributed by atoms with E-state index >= 15 is 0 Å². The van der Waals surface area contributed by atoms with Gasteiger partial charge in [-0.05, 0) is 52.8 Å². The second-order valence-corrected chi connectivity index (χ2v) is 6.91. The van der Waals surface area contributed by atoms with E-state index < -0.39 is 0 Å². The minimum Gasteiger partial charge on any atom is -0.491 e. The fraction of sp³-hybridized carbons (Fsp3) is 0.526. The van der Waals surface area contributed by atoms with Crippen molar-refractivity contribution in [3.05, 3.63) is 41.2 Å². The van der Waals surface area contributed by atoms with E-state index in [1.54, 1.807) is 0 Å². The van der Waals surface area contributed by atoms with Crippen LogP contribution in [0.2, 0.25) is 0 Å². The Morgan fingerprint density at radius 3 is 2.74 bits per heavy atom. The number of amides is 1.